The van der Waals surface area contributed by atoms with E-state index in [9.17, 15) is 4.79 Å². The number of aromatic nitrogens is 1. The number of hydrogen-bond donors (Lipinski definition) is 1. The number of oxazole rings is 1. The summed E-state index contributed by atoms with van der Waals surface area (Å²) in [6.45, 7) is 1.51. The molecule has 0 aliphatic carbocycles. The van der Waals surface area contributed by atoms with Crippen LogP contribution in [0.15, 0.2) is 55.8 Å². The lowest BCUT2D eigenvalue weighted by Gasteiger charge is -2.30. The summed E-state index contributed by atoms with van der Waals surface area (Å²) >= 11 is 6.90. The summed E-state index contributed by atoms with van der Waals surface area (Å²) in [6.07, 6.45) is 1.55. The van der Waals surface area contributed by atoms with Crippen molar-refractivity contribution in [1.29, 1.82) is 0 Å². The number of halogens is 2. The Morgan fingerprint density at radius 2 is 1.92 bits per heavy atom. The summed E-state index contributed by atoms with van der Waals surface area (Å²) in [7, 11) is 0. The Kier molecular flexibility index (Phi) is 5.00. The summed E-state index contributed by atoms with van der Waals surface area (Å²) in [4.78, 5) is 19.2. The van der Waals surface area contributed by atoms with E-state index in [1.165, 1.54) is 0 Å². The summed E-state index contributed by atoms with van der Waals surface area (Å²) < 4.78 is 7.66. The Balaban J connectivity index is 1.39. The Morgan fingerprint density at radius 1 is 1.15 bits per heavy atom. The number of para-hydroxylation sites is 2. The fraction of sp³-hybridized carbons (Fsp3) is 0.263. The summed E-state index contributed by atoms with van der Waals surface area (Å²) in [5, 5.41) is 3.02. The van der Waals surface area contributed by atoms with Gasteiger partial charge in [0.05, 0.1) is 5.69 Å². The van der Waals surface area contributed by atoms with Crippen LogP contribution in [0.2, 0.25) is 0 Å². The van der Waals surface area contributed by atoms with Gasteiger partial charge in [-0.05, 0) is 59.1 Å². The molecule has 0 saturated carbocycles. The molecule has 0 atom stereocenters. The van der Waals surface area contributed by atoms with Crippen LogP contribution in [-0.2, 0) is 4.79 Å². The Labute approximate surface area is 168 Å². The van der Waals surface area contributed by atoms with Crippen molar-refractivity contribution in [3.8, 4) is 0 Å². The molecule has 1 saturated heterocycles. The second-order valence-electron chi connectivity index (χ2n) is 6.34. The molecule has 7 heteroatoms. The number of amides is 1. The number of piperidine rings is 1. The zero-order valence-electron chi connectivity index (χ0n) is 13.9. The normalized spacial score (nSPS) is 15.4. The molecule has 5 nitrogen and oxygen atoms in total. The zero-order chi connectivity index (χ0) is 18.1. The maximum atomic E-state index is 12.6. The Bertz CT molecular complexity index is 916. The van der Waals surface area contributed by atoms with Crippen molar-refractivity contribution in [1.82, 2.24) is 4.98 Å². The van der Waals surface area contributed by atoms with E-state index >= 15 is 0 Å². The monoisotopic (exact) mass is 477 g/mol. The number of anilines is 2. The number of nitrogens with one attached hydrogen (secondary N) is 1. The smallest absolute Gasteiger partial charge is 0.298 e. The van der Waals surface area contributed by atoms with Crippen molar-refractivity contribution >= 4 is 60.6 Å². The first-order valence-electron chi connectivity index (χ1n) is 8.46. The number of rotatable bonds is 3. The molecule has 1 amide bonds. The predicted octanol–water partition coefficient (Wildman–Crippen LogP) is 5.21. The minimum Gasteiger partial charge on any atom is -0.423 e. The van der Waals surface area contributed by atoms with Crippen LogP contribution in [0.4, 0.5) is 11.7 Å². The lowest BCUT2D eigenvalue weighted by Crippen LogP contribution is -2.38. The van der Waals surface area contributed by atoms with E-state index in [0.717, 1.165) is 51.7 Å². The van der Waals surface area contributed by atoms with E-state index in [1.54, 1.807) is 0 Å². The van der Waals surface area contributed by atoms with Gasteiger partial charge in [-0.1, -0.05) is 28.1 Å². The van der Waals surface area contributed by atoms with Gasteiger partial charge in [0, 0.05) is 28.0 Å². The number of nitrogens with zero attached hydrogens (tertiary/aromatic N) is 2. The fourth-order valence-corrected chi connectivity index (χ4v) is 4.30. The van der Waals surface area contributed by atoms with Crippen LogP contribution < -0.4 is 10.2 Å². The topological polar surface area (TPSA) is 58.4 Å². The van der Waals surface area contributed by atoms with Gasteiger partial charge in [0.25, 0.3) is 6.01 Å². The first-order valence-corrected chi connectivity index (χ1v) is 10.1. The van der Waals surface area contributed by atoms with Gasteiger partial charge in [-0.2, -0.15) is 4.98 Å². The lowest BCUT2D eigenvalue weighted by atomic mass is 9.96. The number of carbonyl (C=O) groups is 1. The number of benzene rings is 2. The van der Waals surface area contributed by atoms with E-state index in [-0.39, 0.29) is 11.8 Å². The standard InChI is InChI=1S/C19H17Br2N3O2/c20-13-5-6-15(14(21)11-13)22-18(25)12-7-9-24(10-8-12)19-23-16-3-1-2-4-17(16)26-19/h1-6,11-12H,7-10H2,(H,22,25). The first-order chi connectivity index (χ1) is 12.6. The molecule has 1 fully saturated rings. The van der Waals surface area contributed by atoms with Crippen LogP contribution >= 0.6 is 31.9 Å². The largest absolute Gasteiger partial charge is 0.423 e. The van der Waals surface area contributed by atoms with Crippen LogP contribution in [0.3, 0.4) is 0 Å². The van der Waals surface area contributed by atoms with Crippen molar-refractivity contribution in [3.05, 3.63) is 51.4 Å². The first kappa shape index (κ1) is 17.5. The summed E-state index contributed by atoms with van der Waals surface area (Å²) in [6, 6.07) is 14.1. The third-order valence-corrected chi connectivity index (χ3v) is 5.76. The molecule has 0 unspecified atom stereocenters. The zero-order valence-corrected chi connectivity index (χ0v) is 17.1. The van der Waals surface area contributed by atoms with E-state index in [4.69, 9.17) is 4.42 Å². The molecule has 1 aliphatic rings. The van der Waals surface area contributed by atoms with Crippen LogP contribution in [0.25, 0.3) is 11.1 Å². The molecule has 4 rings (SSSR count). The van der Waals surface area contributed by atoms with E-state index < -0.39 is 0 Å². The van der Waals surface area contributed by atoms with Crippen molar-refractivity contribution < 1.29 is 9.21 Å². The lowest BCUT2D eigenvalue weighted by molar-refractivity contribution is -0.120. The van der Waals surface area contributed by atoms with Gasteiger partial charge in [0.15, 0.2) is 5.58 Å². The number of hydrogen-bond acceptors (Lipinski definition) is 4. The van der Waals surface area contributed by atoms with E-state index in [1.807, 2.05) is 42.5 Å². The van der Waals surface area contributed by atoms with Crippen molar-refractivity contribution in [3.63, 3.8) is 0 Å². The molecule has 0 radical (unpaired) electrons. The highest BCUT2D eigenvalue weighted by Crippen LogP contribution is 2.29. The maximum Gasteiger partial charge on any atom is 0.298 e. The highest BCUT2D eigenvalue weighted by Gasteiger charge is 2.27. The SMILES string of the molecule is O=C(Nc1ccc(Br)cc1Br)C1CCN(c2nc3ccccc3o2)CC1. The van der Waals surface area contributed by atoms with Crippen LogP contribution in [0.1, 0.15) is 12.8 Å². The third-order valence-electron chi connectivity index (χ3n) is 4.61. The minimum atomic E-state index is -0.00817. The molecule has 26 heavy (non-hydrogen) atoms. The van der Waals surface area contributed by atoms with Crippen molar-refractivity contribution in [2.45, 2.75) is 12.8 Å². The second kappa shape index (κ2) is 7.40. The molecule has 1 N–H and O–H groups in total. The van der Waals surface area contributed by atoms with Gasteiger partial charge in [-0.25, -0.2) is 0 Å². The van der Waals surface area contributed by atoms with E-state index in [0.29, 0.717) is 6.01 Å². The highest BCUT2D eigenvalue weighted by molar-refractivity contribution is 9.11. The quantitative estimate of drug-likeness (QED) is 0.561. The second-order valence-corrected chi connectivity index (χ2v) is 8.11. The molecule has 2 heterocycles. The highest BCUT2D eigenvalue weighted by atomic mass is 79.9. The van der Waals surface area contributed by atoms with Crippen molar-refractivity contribution in [2.75, 3.05) is 23.3 Å². The Hall–Kier alpha value is -1.86. The molecular weight excluding hydrogens is 462 g/mol. The van der Waals surface area contributed by atoms with Gasteiger partial charge >= 0.3 is 0 Å². The number of fused-ring (bicyclic) bond motifs is 1. The van der Waals surface area contributed by atoms with Crippen molar-refractivity contribution in [2.24, 2.45) is 5.92 Å². The fourth-order valence-electron chi connectivity index (χ4n) is 3.15. The van der Waals surface area contributed by atoms with Crippen LogP contribution in [0.5, 0.6) is 0 Å². The molecule has 2 aromatic carbocycles. The Morgan fingerprint density at radius 3 is 2.65 bits per heavy atom. The number of carbonyl (C=O) groups excluding carboxylic acids is 1. The van der Waals surface area contributed by atoms with Gasteiger partial charge in [-0.3, -0.25) is 4.79 Å². The van der Waals surface area contributed by atoms with Crippen LogP contribution in [-0.4, -0.2) is 24.0 Å². The van der Waals surface area contributed by atoms with Gasteiger partial charge < -0.3 is 14.6 Å². The summed E-state index contributed by atoms with van der Waals surface area (Å²) in [5.74, 6) is 0.0522. The average molecular weight is 479 g/mol. The minimum absolute atomic E-state index is 0.00817. The summed E-state index contributed by atoms with van der Waals surface area (Å²) in [5.41, 5.74) is 2.45. The van der Waals surface area contributed by atoms with Crippen LogP contribution in [0, 0.1) is 5.92 Å². The average Bonchev–Trinajstić information content (AvgIpc) is 3.08. The van der Waals surface area contributed by atoms with Gasteiger partial charge in [0.2, 0.25) is 5.91 Å². The van der Waals surface area contributed by atoms with E-state index in [2.05, 4.69) is 47.1 Å². The molecule has 1 aliphatic heterocycles. The predicted molar refractivity (Wildman–Crippen MR) is 109 cm³/mol. The molecule has 0 spiro atoms. The third kappa shape index (κ3) is 3.64. The van der Waals surface area contributed by atoms with Gasteiger partial charge in [0.1, 0.15) is 5.52 Å². The maximum absolute atomic E-state index is 12.6. The molecular formula is C19H17Br2N3O2. The molecule has 134 valence electrons. The molecule has 3 aromatic rings. The molecule has 0 bridgehead atoms. The molecule has 1 aromatic heterocycles. The van der Waals surface area contributed by atoms with Gasteiger partial charge in [-0.15, -0.1) is 0 Å².